The fraction of sp³-hybridized carbons (Fsp3) is 0.435. The Kier molecular flexibility index (Phi) is 7.54. The summed E-state index contributed by atoms with van der Waals surface area (Å²) in [6, 6.07) is 2.65. The van der Waals surface area contributed by atoms with Gasteiger partial charge in [0.1, 0.15) is 5.69 Å². The monoisotopic (exact) mass is 452 g/mol. The van der Waals surface area contributed by atoms with Gasteiger partial charge in [-0.1, -0.05) is 6.07 Å². The maximum absolute atomic E-state index is 13.3. The van der Waals surface area contributed by atoms with E-state index in [-0.39, 0.29) is 23.4 Å². The number of carbonyl (C=O) groups excluding carboxylic acids is 3. The zero-order valence-corrected chi connectivity index (χ0v) is 18.9. The third kappa shape index (κ3) is 5.03. The standard InChI is InChI=1S/C23H27F3N2O4/c1-7-32-22(31)19-13(4)18(14(5)27-19)20(29)15(6)28(12(2)3)21(30)16-9-8-10-17(11-16)23(24,25)26/h8-12,15,27H,7H2,1-6H3. The van der Waals surface area contributed by atoms with Crippen molar-refractivity contribution in [2.24, 2.45) is 0 Å². The molecule has 1 atom stereocenters. The summed E-state index contributed by atoms with van der Waals surface area (Å²) in [5.74, 6) is -1.72. The highest BCUT2D eigenvalue weighted by Gasteiger charge is 2.35. The number of hydrogen-bond donors (Lipinski definition) is 1. The highest BCUT2D eigenvalue weighted by molar-refractivity contribution is 6.07. The van der Waals surface area contributed by atoms with Gasteiger partial charge in [-0.05, 0) is 65.3 Å². The minimum absolute atomic E-state index is 0.153. The topological polar surface area (TPSA) is 79.5 Å². The second-order valence-electron chi connectivity index (χ2n) is 7.77. The van der Waals surface area contributed by atoms with Gasteiger partial charge >= 0.3 is 12.1 Å². The molecule has 9 heteroatoms. The van der Waals surface area contributed by atoms with Gasteiger partial charge in [0.25, 0.3) is 5.91 Å². The summed E-state index contributed by atoms with van der Waals surface area (Å²) in [6.07, 6.45) is -4.59. The van der Waals surface area contributed by atoms with Crippen molar-refractivity contribution in [3.8, 4) is 0 Å². The van der Waals surface area contributed by atoms with E-state index in [1.807, 2.05) is 0 Å². The third-order valence-electron chi connectivity index (χ3n) is 5.19. The number of alkyl halides is 3. The summed E-state index contributed by atoms with van der Waals surface area (Å²) in [7, 11) is 0. The quantitative estimate of drug-likeness (QED) is 0.476. The molecule has 32 heavy (non-hydrogen) atoms. The van der Waals surface area contributed by atoms with Crippen molar-refractivity contribution in [2.75, 3.05) is 6.61 Å². The summed E-state index contributed by atoms with van der Waals surface area (Å²) >= 11 is 0. The predicted octanol–water partition coefficient (Wildman–Crippen LogP) is 4.95. The lowest BCUT2D eigenvalue weighted by Crippen LogP contribution is -2.47. The van der Waals surface area contributed by atoms with Gasteiger partial charge in [0, 0.05) is 22.9 Å². The molecule has 174 valence electrons. The first-order valence-corrected chi connectivity index (χ1v) is 10.2. The lowest BCUT2D eigenvalue weighted by molar-refractivity contribution is -0.137. The molecule has 6 nitrogen and oxygen atoms in total. The molecule has 0 radical (unpaired) electrons. The molecular weight excluding hydrogens is 425 g/mol. The van der Waals surface area contributed by atoms with Crippen LogP contribution in [0.25, 0.3) is 0 Å². The van der Waals surface area contributed by atoms with E-state index in [1.54, 1.807) is 34.6 Å². The molecule has 0 aliphatic rings. The number of hydrogen-bond acceptors (Lipinski definition) is 4. The van der Waals surface area contributed by atoms with Gasteiger partial charge < -0.3 is 14.6 Å². The van der Waals surface area contributed by atoms with Gasteiger partial charge in [-0.15, -0.1) is 0 Å². The van der Waals surface area contributed by atoms with Crippen LogP contribution in [0.2, 0.25) is 0 Å². The molecule has 1 aromatic heterocycles. The van der Waals surface area contributed by atoms with E-state index in [9.17, 15) is 27.6 Å². The lowest BCUT2D eigenvalue weighted by atomic mass is 9.98. The summed E-state index contributed by atoms with van der Waals surface area (Å²) < 4.78 is 44.3. The van der Waals surface area contributed by atoms with E-state index >= 15 is 0 Å². The molecule has 0 bridgehead atoms. The van der Waals surface area contributed by atoms with Crippen LogP contribution in [0.1, 0.15) is 75.7 Å². The molecule has 1 unspecified atom stereocenters. The van der Waals surface area contributed by atoms with Crippen LogP contribution in [0, 0.1) is 13.8 Å². The fourth-order valence-corrected chi connectivity index (χ4v) is 3.70. The molecule has 2 rings (SSSR count). The Labute approximate surface area is 184 Å². The van der Waals surface area contributed by atoms with Gasteiger partial charge in [-0.25, -0.2) is 4.79 Å². The van der Waals surface area contributed by atoms with Crippen LogP contribution in [-0.4, -0.2) is 46.2 Å². The molecule has 1 aromatic carbocycles. The number of rotatable bonds is 7. The first-order chi connectivity index (χ1) is 14.8. The Hall–Kier alpha value is -3.10. The Morgan fingerprint density at radius 3 is 2.28 bits per heavy atom. The fourth-order valence-electron chi connectivity index (χ4n) is 3.70. The van der Waals surface area contributed by atoms with Crippen molar-refractivity contribution in [1.29, 1.82) is 0 Å². The van der Waals surface area contributed by atoms with E-state index < -0.39 is 41.5 Å². The summed E-state index contributed by atoms with van der Waals surface area (Å²) in [6.45, 7) is 9.93. The van der Waals surface area contributed by atoms with E-state index in [4.69, 9.17) is 4.74 Å². The minimum Gasteiger partial charge on any atom is -0.461 e. The largest absolute Gasteiger partial charge is 0.461 e. The van der Waals surface area contributed by atoms with E-state index in [0.29, 0.717) is 11.3 Å². The second kappa shape index (κ2) is 9.58. The normalized spacial score (nSPS) is 12.6. The van der Waals surface area contributed by atoms with Crippen molar-refractivity contribution in [2.45, 2.75) is 59.8 Å². The van der Waals surface area contributed by atoms with Crippen molar-refractivity contribution in [3.05, 3.63) is 57.9 Å². The zero-order chi connectivity index (χ0) is 24.4. The summed E-state index contributed by atoms with van der Waals surface area (Å²) in [5, 5.41) is 0. The number of amides is 1. The number of ketones is 1. The van der Waals surface area contributed by atoms with Gasteiger partial charge in [0.2, 0.25) is 0 Å². The Morgan fingerprint density at radius 2 is 1.75 bits per heavy atom. The smallest absolute Gasteiger partial charge is 0.416 e. The number of esters is 1. The average Bonchev–Trinajstić information content (AvgIpc) is 3.01. The van der Waals surface area contributed by atoms with Crippen LogP contribution >= 0.6 is 0 Å². The zero-order valence-electron chi connectivity index (χ0n) is 18.9. The number of aryl methyl sites for hydroxylation is 1. The molecule has 1 amide bonds. The molecule has 1 N–H and O–H groups in total. The SMILES string of the molecule is CCOC(=O)c1[nH]c(C)c(C(=O)C(C)N(C(=O)c2cccc(C(F)(F)F)c2)C(C)C)c1C. The molecule has 0 spiro atoms. The number of aromatic nitrogens is 1. The average molecular weight is 452 g/mol. The molecule has 2 aromatic rings. The Morgan fingerprint density at radius 1 is 1.12 bits per heavy atom. The second-order valence-corrected chi connectivity index (χ2v) is 7.77. The van der Waals surface area contributed by atoms with Gasteiger partial charge in [-0.2, -0.15) is 13.2 Å². The number of aromatic amines is 1. The van der Waals surface area contributed by atoms with Crippen molar-refractivity contribution >= 4 is 17.7 Å². The number of carbonyl (C=O) groups is 3. The number of H-pyrrole nitrogens is 1. The highest BCUT2D eigenvalue weighted by atomic mass is 19.4. The number of halogens is 3. The lowest BCUT2D eigenvalue weighted by Gasteiger charge is -2.32. The van der Waals surface area contributed by atoms with Crippen LogP contribution in [0.3, 0.4) is 0 Å². The van der Waals surface area contributed by atoms with E-state index in [2.05, 4.69) is 4.98 Å². The first-order valence-electron chi connectivity index (χ1n) is 10.2. The van der Waals surface area contributed by atoms with Crippen molar-refractivity contribution < 1.29 is 32.3 Å². The van der Waals surface area contributed by atoms with Crippen LogP contribution in [0.15, 0.2) is 24.3 Å². The minimum atomic E-state index is -4.59. The Bertz CT molecular complexity index is 1020. The first kappa shape index (κ1) is 25.2. The maximum atomic E-state index is 13.3. The van der Waals surface area contributed by atoms with Gasteiger partial charge in [-0.3, -0.25) is 9.59 Å². The molecule has 0 fully saturated rings. The highest BCUT2D eigenvalue weighted by Crippen LogP contribution is 2.30. The van der Waals surface area contributed by atoms with Crippen molar-refractivity contribution in [3.63, 3.8) is 0 Å². The number of nitrogens with one attached hydrogen (secondary N) is 1. The van der Waals surface area contributed by atoms with Crippen LogP contribution in [0.5, 0.6) is 0 Å². The number of ether oxygens (including phenoxy) is 1. The van der Waals surface area contributed by atoms with Crippen LogP contribution in [0.4, 0.5) is 13.2 Å². The van der Waals surface area contributed by atoms with Crippen molar-refractivity contribution in [1.82, 2.24) is 9.88 Å². The van der Waals surface area contributed by atoms with Crippen LogP contribution < -0.4 is 0 Å². The van der Waals surface area contributed by atoms with Gasteiger partial charge in [0.05, 0.1) is 18.2 Å². The molecule has 1 heterocycles. The summed E-state index contributed by atoms with van der Waals surface area (Å²) in [5.41, 5.74) is 0.138. The van der Waals surface area contributed by atoms with E-state index in [0.717, 1.165) is 18.2 Å². The molecule has 0 aliphatic heterocycles. The maximum Gasteiger partial charge on any atom is 0.416 e. The number of Topliss-reactive ketones (excluding diaryl/α,β-unsaturated/α-hetero) is 1. The third-order valence-corrected chi connectivity index (χ3v) is 5.19. The molecular formula is C23H27F3N2O4. The predicted molar refractivity (Wildman–Crippen MR) is 113 cm³/mol. The molecule has 0 aliphatic carbocycles. The summed E-state index contributed by atoms with van der Waals surface area (Å²) in [4.78, 5) is 42.7. The number of benzene rings is 1. The molecule has 0 saturated carbocycles. The Balaban J connectivity index is 2.43. The van der Waals surface area contributed by atoms with Gasteiger partial charge in [0.15, 0.2) is 5.78 Å². The number of nitrogens with zero attached hydrogens (tertiary/aromatic N) is 1. The van der Waals surface area contributed by atoms with E-state index in [1.165, 1.54) is 17.9 Å². The van der Waals surface area contributed by atoms with Crippen LogP contribution in [-0.2, 0) is 10.9 Å². The molecule has 0 saturated heterocycles.